The van der Waals surface area contributed by atoms with Crippen LogP contribution in [0.15, 0.2) is 42.7 Å². The molecule has 3 rings (SSSR count). The van der Waals surface area contributed by atoms with Crippen molar-refractivity contribution in [1.82, 2.24) is 9.78 Å². The van der Waals surface area contributed by atoms with Crippen molar-refractivity contribution in [3.63, 3.8) is 0 Å². The van der Waals surface area contributed by atoms with Crippen LogP contribution in [-0.4, -0.2) is 26.4 Å². The summed E-state index contributed by atoms with van der Waals surface area (Å²) in [5.41, 5.74) is 1.02. The minimum Gasteiger partial charge on any atom is -0.389 e. The van der Waals surface area contributed by atoms with Gasteiger partial charge in [-0.3, -0.25) is 9.48 Å². The predicted octanol–water partition coefficient (Wildman–Crippen LogP) is 2.57. The summed E-state index contributed by atoms with van der Waals surface area (Å²) in [6, 6.07) is 9.61. The predicted molar refractivity (Wildman–Crippen MR) is 84.4 cm³/mol. The number of nitrogens with zero attached hydrogens (tertiary/aromatic N) is 2. The molecule has 2 aromatic rings. The average Bonchev–Trinajstić information content (AvgIpc) is 3.11. The van der Waals surface area contributed by atoms with Gasteiger partial charge in [-0.15, -0.1) is 0 Å². The van der Waals surface area contributed by atoms with Crippen LogP contribution in [0.4, 0.5) is 5.69 Å². The Morgan fingerprint density at radius 1 is 1.32 bits per heavy atom. The normalized spacial score (nSPS) is 16.6. The fourth-order valence-electron chi connectivity index (χ4n) is 3.04. The summed E-state index contributed by atoms with van der Waals surface area (Å²) in [5, 5.41) is 17.4. The van der Waals surface area contributed by atoms with E-state index in [1.807, 2.05) is 41.2 Å². The number of nitrogens with one attached hydrogen (secondary N) is 1. The van der Waals surface area contributed by atoms with Gasteiger partial charge in [-0.2, -0.15) is 5.10 Å². The monoisotopic (exact) mass is 299 g/mol. The molecule has 0 saturated heterocycles. The SMILES string of the molecule is O=C(CC1(O)CCCC1)Nc1cccc(Cn2cccn2)c1. The van der Waals surface area contributed by atoms with Gasteiger partial charge in [0.1, 0.15) is 0 Å². The minimum absolute atomic E-state index is 0.124. The van der Waals surface area contributed by atoms with Crippen molar-refractivity contribution in [1.29, 1.82) is 0 Å². The van der Waals surface area contributed by atoms with Crippen LogP contribution in [0.1, 0.15) is 37.7 Å². The Balaban J connectivity index is 1.61. The van der Waals surface area contributed by atoms with E-state index < -0.39 is 5.60 Å². The van der Waals surface area contributed by atoms with Gasteiger partial charge in [0.15, 0.2) is 0 Å². The molecule has 2 N–H and O–H groups in total. The summed E-state index contributed by atoms with van der Waals surface area (Å²) in [4.78, 5) is 12.1. The first kappa shape index (κ1) is 14.8. The van der Waals surface area contributed by atoms with Gasteiger partial charge >= 0.3 is 0 Å². The molecule has 1 fully saturated rings. The lowest BCUT2D eigenvalue weighted by atomic mass is 9.97. The van der Waals surface area contributed by atoms with Crippen LogP contribution in [0.2, 0.25) is 0 Å². The molecule has 0 spiro atoms. The zero-order valence-electron chi connectivity index (χ0n) is 12.5. The van der Waals surface area contributed by atoms with Crippen LogP contribution in [0.25, 0.3) is 0 Å². The number of carbonyl (C=O) groups is 1. The Hall–Kier alpha value is -2.14. The minimum atomic E-state index is -0.809. The number of hydrogen-bond acceptors (Lipinski definition) is 3. The van der Waals surface area contributed by atoms with Crippen molar-refractivity contribution in [3.8, 4) is 0 Å². The maximum atomic E-state index is 12.1. The van der Waals surface area contributed by atoms with Crippen LogP contribution in [0.3, 0.4) is 0 Å². The number of aliphatic hydroxyl groups is 1. The quantitative estimate of drug-likeness (QED) is 0.891. The van der Waals surface area contributed by atoms with Gasteiger partial charge in [0, 0.05) is 18.1 Å². The number of aromatic nitrogens is 2. The second kappa shape index (κ2) is 6.32. The molecule has 0 atom stereocenters. The van der Waals surface area contributed by atoms with Crippen LogP contribution in [0, 0.1) is 0 Å². The molecule has 0 aliphatic heterocycles. The highest BCUT2D eigenvalue weighted by Gasteiger charge is 2.33. The van der Waals surface area contributed by atoms with Crippen LogP contribution < -0.4 is 5.32 Å². The molecule has 1 heterocycles. The Morgan fingerprint density at radius 3 is 2.86 bits per heavy atom. The molecule has 1 aliphatic rings. The smallest absolute Gasteiger partial charge is 0.227 e. The van der Waals surface area contributed by atoms with Gasteiger partial charge in [-0.25, -0.2) is 0 Å². The van der Waals surface area contributed by atoms with Crippen LogP contribution >= 0.6 is 0 Å². The molecule has 5 heteroatoms. The fraction of sp³-hybridized carbons (Fsp3) is 0.412. The highest BCUT2D eigenvalue weighted by Crippen LogP contribution is 2.32. The third-order valence-electron chi connectivity index (χ3n) is 4.14. The standard InChI is InChI=1S/C17H21N3O2/c21-16(12-17(22)7-1-2-8-17)19-15-6-3-5-14(11-15)13-20-10-4-9-18-20/h3-6,9-11,22H,1-2,7-8,12-13H2,(H,19,21). The molecule has 1 aromatic carbocycles. The molecule has 5 nitrogen and oxygen atoms in total. The number of amides is 1. The number of hydrogen-bond donors (Lipinski definition) is 2. The highest BCUT2D eigenvalue weighted by molar-refractivity contribution is 5.91. The lowest BCUT2D eigenvalue weighted by Gasteiger charge is -2.21. The van der Waals surface area contributed by atoms with Crippen LogP contribution in [-0.2, 0) is 11.3 Å². The zero-order chi connectivity index (χ0) is 15.4. The molecular weight excluding hydrogens is 278 g/mol. The molecule has 1 aromatic heterocycles. The van der Waals surface area contributed by atoms with E-state index in [0.717, 1.165) is 36.9 Å². The van der Waals surface area contributed by atoms with Crippen molar-refractivity contribution in [2.75, 3.05) is 5.32 Å². The molecule has 116 valence electrons. The average molecular weight is 299 g/mol. The van der Waals surface area contributed by atoms with Crippen molar-refractivity contribution >= 4 is 11.6 Å². The van der Waals surface area contributed by atoms with Gasteiger partial charge in [0.2, 0.25) is 5.91 Å². The maximum absolute atomic E-state index is 12.1. The Morgan fingerprint density at radius 2 is 2.14 bits per heavy atom. The van der Waals surface area contributed by atoms with E-state index in [-0.39, 0.29) is 12.3 Å². The number of benzene rings is 1. The summed E-state index contributed by atoms with van der Waals surface area (Å²) >= 11 is 0. The first-order valence-electron chi connectivity index (χ1n) is 7.72. The first-order chi connectivity index (χ1) is 10.6. The zero-order valence-corrected chi connectivity index (χ0v) is 12.5. The van der Waals surface area contributed by atoms with E-state index in [1.165, 1.54) is 0 Å². The van der Waals surface area contributed by atoms with E-state index in [9.17, 15) is 9.90 Å². The summed E-state index contributed by atoms with van der Waals surface area (Å²) < 4.78 is 1.84. The molecule has 1 saturated carbocycles. The molecule has 0 radical (unpaired) electrons. The number of rotatable bonds is 5. The molecule has 0 unspecified atom stereocenters. The molecular formula is C17H21N3O2. The summed E-state index contributed by atoms with van der Waals surface area (Å²) in [5.74, 6) is -0.124. The Kier molecular flexibility index (Phi) is 4.24. The maximum Gasteiger partial charge on any atom is 0.227 e. The van der Waals surface area contributed by atoms with E-state index in [2.05, 4.69) is 10.4 Å². The second-order valence-electron chi connectivity index (χ2n) is 6.06. The number of anilines is 1. The third kappa shape index (κ3) is 3.74. The van der Waals surface area contributed by atoms with Gasteiger partial charge in [-0.05, 0) is 36.6 Å². The lowest BCUT2D eigenvalue weighted by Crippen LogP contribution is -2.30. The summed E-state index contributed by atoms with van der Waals surface area (Å²) in [6.45, 7) is 0.667. The van der Waals surface area contributed by atoms with Gasteiger partial charge in [0.25, 0.3) is 0 Å². The third-order valence-corrected chi connectivity index (χ3v) is 4.14. The van der Waals surface area contributed by atoms with E-state index in [0.29, 0.717) is 6.54 Å². The largest absolute Gasteiger partial charge is 0.389 e. The highest BCUT2D eigenvalue weighted by atomic mass is 16.3. The molecule has 1 amide bonds. The van der Waals surface area contributed by atoms with Crippen LogP contribution in [0.5, 0.6) is 0 Å². The topological polar surface area (TPSA) is 67.2 Å². The molecule has 1 aliphatic carbocycles. The lowest BCUT2D eigenvalue weighted by molar-refractivity contribution is -0.120. The second-order valence-corrected chi connectivity index (χ2v) is 6.06. The fourth-order valence-corrected chi connectivity index (χ4v) is 3.04. The summed E-state index contributed by atoms with van der Waals surface area (Å²) in [7, 11) is 0. The van der Waals surface area contributed by atoms with Crippen molar-refractivity contribution in [2.45, 2.75) is 44.2 Å². The van der Waals surface area contributed by atoms with Gasteiger partial charge in [-0.1, -0.05) is 25.0 Å². The van der Waals surface area contributed by atoms with E-state index >= 15 is 0 Å². The Bertz CT molecular complexity index is 631. The van der Waals surface area contributed by atoms with Crippen molar-refractivity contribution < 1.29 is 9.90 Å². The van der Waals surface area contributed by atoms with Gasteiger partial charge in [0.05, 0.1) is 18.6 Å². The van der Waals surface area contributed by atoms with Gasteiger partial charge < -0.3 is 10.4 Å². The van der Waals surface area contributed by atoms with E-state index in [1.54, 1.807) is 6.20 Å². The first-order valence-corrected chi connectivity index (χ1v) is 7.72. The Labute approximate surface area is 130 Å². The molecule has 22 heavy (non-hydrogen) atoms. The molecule has 0 bridgehead atoms. The van der Waals surface area contributed by atoms with E-state index in [4.69, 9.17) is 0 Å². The van der Waals surface area contributed by atoms with Crippen molar-refractivity contribution in [3.05, 3.63) is 48.3 Å². The summed E-state index contributed by atoms with van der Waals surface area (Å²) in [6.07, 6.45) is 7.27. The van der Waals surface area contributed by atoms with Crippen molar-refractivity contribution in [2.24, 2.45) is 0 Å². The number of carbonyl (C=O) groups excluding carboxylic acids is 1.